The zero-order valence-corrected chi connectivity index (χ0v) is 12.9. The minimum Gasteiger partial charge on any atom is -0.309 e. The zero-order valence-electron chi connectivity index (χ0n) is 11.3. The van der Waals surface area contributed by atoms with E-state index in [9.17, 15) is 26.4 Å². The molecule has 0 saturated carbocycles. The lowest BCUT2D eigenvalue weighted by atomic mass is 10.0. The number of nitrogens with zero attached hydrogens (tertiary/aromatic N) is 2. The second-order valence-electron chi connectivity index (χ2n) is 4.87. The smallest absolute Gasteiger partial charge is 0.309 e. The molecule has 0 spiro atoms. The van der Waals surface area contributed by atoms with Crippen molar-refractivity contribution in [3.8, 4) is 0 Å². The summed E-state index contributed by atoms with van der Waals surface area (Å²) >= 11 is 0. The Hall–Kier alpha value is -1.48. The van der Waals surface area contributed by atoms with Crippen LogP contribution in [-0.2, 0) is 29.5 Å². The van der Waals surface area contributed by atoms with Crippen LogP contribution in [0.5, 0.6) is 0 Å². The second-order valence-corrected chi connectivity index (χ2v) is 7.63. The van der Waals surface area contributed by atoms with E-state index in [0.717, 1.165) is 11.2 Å². The Morgan fingerprint density at radius 3 is 2.50 bits per heavy atom. The Bertz CT molecular complexity index is 689. The van der Waals surface area contributed by atoms with E-state index in [1.54, 1.807) is 4.83 Å². The quantitative estimate of drug-likeness (QED) is 0.361. The maximum absolute atomic E-state index is 12.0. The fraction of sp³-hybridized carbons (Fsp3) is 0.750. The van der Waals surface area contributed by atoms with E-state index in [2.05, 4.69) is 4.28 Å². The number of hydrogen-bond donors (Lipinski definition) is 3. The Morgan fingerprint density at radius 2 is 1.95 bits per heavy atom. The highest BCUT2D eigenvalue weighted by molar-refractivity contribution is 7.88. The van der Waals surface area contributed by atoms with E-state index in [-0.39, 0.29) is 19.4 Å². The summed E-state index contributed by atoms with van der Waals surface area (Å²) in [6.07, 6.45) is 1.26. The van der Waals surface area contributed by atoms with Crippen molar-refractivity contribution in [3.05, 3.63) is 0 Å². The first-order valence-electron chi connectivity index (χ1n) is 6.01. The van der Waals surface area contributed by atoms with Crippen LogP contribution in [0.4, 0.5) is 4.79 Å². The van der Waals surface area contributed by atoms with Gasteiger partial charge in [0, 0.05) is 6.54 Å². The standard InChI is InChI=1S/C8H14N4O8S2/c1-21(15,16)10-9-7(13)6-3-2-5-4-11(6)8(14)12(5)20-22(17,18)19/h5-6,10H,2-4H2,1H3,(H,9,13)(H,17,18,19)/t5?,6-/m0/s1. The summed E-state index contributed by atoms with van der Waals surface area (Å²) in [5, 5.41) is 0.493. The predicted octanol–water partition coefficient (Wildman–Crippen LogP) is -2.43. The summed E-state index contributed by atoms with van der Waals surface area (Å²) in [5.41, 5.74) is 1.96. The van der Waals surface area contributed by atoms with Crippen LogP contribution in [0.15, 0.2) is 0 Å². The van der Waals surface area contributed by atoms with Crippen LogP contribution in [0.2, 0.25) is 0 Å². The fourth-order valence-corrected chi connectivity index (χ4v) is 3.00. The molecule has 3 N–H and O–H groups in total. The first kappa shape index (κ1) is 16.9. The van der Waals surface area contributed by atoms with Crippen molar-refractivity contribution in [3.63, 3.8) is 0 Å². The topological polar surface area (TPSA) is 162 Å². The normalized spacial score (nSPS) is 25.5. The lowest BCUT2D eigenvalue weighted by molar-refractivity contribution is -0.126. The van der Waals surface area contributed by atoms with Gasteiger partial charge in [0.25, 0.3) is 5.91 Å². The van der Waals surface area contributed by atoms with Crippen molar-refractivity contribution in [1.29, 1.82) is 0 Å². The summed E-state index contributed by atoms with van der Waals surface area (Å²) in [4.78, 5) is 26.8. The highest BCUT2D eigenvalue weighted by atomic mass is 32.3. The minimum atomic E-state index is -4.86. The minimum absolute atomic E-state index is 0.0192. The van der Waals surface area contributed by atoms with E-state index < -0.39 is 44.4 Å². The predicted molar refractivity (Wildman–Crippen MR) is 69.5 cm³/mol. The maximum Gasteiger partial charge on any atom is 0.418 e. The molecule has 2 fully saturated rings. The largest absolute Gasteiger partial charge is 0.418 e. The molecule has 0 aliphatic carbocycles. The number of hydrazine groups is 1. The van der Waals surface area contributed by atoms with Gasteiger partial charge in [-0.3, -0.25) is 14.8 Å². The lowest BCUT2D eigenvalue weighted by Crippen LogP contribution is -2.53. The Morgan fingerprint density at radius 1 is 1.32 bits per heavy atom. The summed E-state index contributed by atoms with van der Waals surface area (Å²) in [7, 11) is -8.51. The molecule has 0 aromatic heterocycles. The molecule has 2 rings (SSSR count). The number of urea groups is 1. The highest BCUT2D eigenvalue weighted by Crippen LogP contribution is 2.30. The number of nitrogens with one attached hydrogen (secondary N) is 2. The van der Waals surface area contributed by atoms with Crippen molar-refractivity contribution in [1.82, 2.24) is 20.2 Å². The molecule has 2 atom stereocenters. The van der Waals surface area contributed by atoms with E-state index >= 15 is 0 Å². The van der Waals surface area contributed by atoms with E-state index in [1.165, 1.54) is 0 Å². The molecule has 3 amide bonds. The second kappa shape index (κ2) is 5.62. The summed E-state index contributed by atoms with van der Waals surface area (Å²) in [6, 6.07) is -2.51. The van der Waals surface area contributed by atoms with Gasteiger partial charge in [-0.2, -0.15) is 13.5 Å². The van der Waals surface area contributed by atoms with Gasteiger partial charge in [0.2, 0.25) is 10.0 Å². The number of rotatable bonds is 5. The number of carbonyl (C=O) groups is 2. The molecular weight excluding hydrogens is 344 g/mol. The molecule has 0 aromatic rings. The van der Waals surface area contributed by atoms with Crippen LogP contribution in [0.25, 0.3) is 0 Å². The number of amides is 3. The number of fused-ring (bicyclic) bond motifs is 2. The Labute approximate surface area is 126 Å². The zero-order chi connectivity index (χ0) is 16.7. The van der Waals surface area contributed by atoms with Gasteiger partial charge in [-0.05, 0) is 12.8 Å². The number of sulfonamides is 1. The first-order chi connectivity index (χ1) is 9.98. The molecule has 22 heavy (non-hydrogen) atoms. The molecule has 2 aliphatic rings. The monoisotopic (exact) mass is 358 g/mol. The Balaban J connectivity index is 2.07. The molecule has 14 heteroatoms. The molecule has 2 heterocycles. The molecule has 2 aliphatic heterocycles. The highest BCUT2D eigenvalue weighted by Gasteiger charge is 2.49. The number of piperidine rings is 1. The van der Waals surface area contributed by atoms with Crippen LogP contribution in [0.1, 0.15) is 12.8 Å². The average molecular weight is 358 g/mol. The third kappa shape index (κ3) is 3.83. The van der Waals surface area contributed by atoms with Gasteiger partial charge in [0.05, 0.1) is 12.3 Å². The molecule has 126 valence electrons. The molecule has 1 unspecified atom stereocenters. The summed E-state index contributed by atoms with van der Waals surface area (Å²) in [5.74, 6) is -0.758. The SMILES string of the molecule is CS(=O)(=O)NNC(=O)[C@@H]1CCC2CN1C(=O)N2OS(=O)(=O)O. The van der Waals surface area contributed by atoms with Crippen molar-refractivity contribution in [2.75, 3.05) is 12.8 Å². The van der Waals surface area contributed by atoms with Gasteiger partial charge in [-0.1, -0.05) is 0 Å². The maximum atomic E-state index is 12.0. The van der Waals surface area contributed by atoms with Gasteiger partial charge in [-0.15, -0.1) is 9.11 Å². The third-order valence-electron chi connectivity index (χ3n) is 3.16. The number of hydroxylamine groups is 2. The van der Waals surface area contributed by atoms with Gasteiger partial charge >= 0.3 is 16.4 Å². The number of hydrogen-bond acceptors (Lipinski definition) is 7. The Kier molecular flexibility index (Phi) is 4.31. The lowest BCUT2D eigenvalue weighted by Gasteiger charge is -2.28. The third-order valence-corrected chi connectivity index (χ3v) is 3.98. The van der Waals surface area contributed by atoms with E-state index in [4.69, 9.17) is 4.55 Å². The number of carbonyl (C=O) groups excluding carboxylic acids is 2. The van der Waals surface area contributed by atoms with Crippen LogP contribution in [0, 0.1) is 0 Å². The summed E-state index contributed by atoms with van der Waals surface area (Å²) < 4.78 is 56.1. The molecule has 0 aromatic carbocycles. The fourth-order valence-electron chi connectivity index (χ4n) is 2.33. The van der Waals surface area contributed by atoms with Crippen molar-refractivity contribution in [2.45, 2.75) is 24.9 Å². The van der Waals surface area contributed by atoms with Crippen molar-refractivity contribution < 1.29 is 35.3 Å². The van der Waals surface area contributed by atoms with Crippen LogP contribution >= 0.6 is 0 Å². The molecule has 12 nitrogen and oxygen atoms in total. The molecule has 0 radical (unpaired) electrons. The van der Waals surface area contributed by atoms with E-state index in [1.807, 2.05) is 5.43 Å². The van der Waals surface area contributed by atoms with Gasteiger partial charge in [0.15, 0.2) is 0 Å². The van der Waals surface area contributed by atoms with Gasteiger partial charge in [-0.25, -0.2) is 13.2 Å². The van der Waals surface area contributed by atoms with Crippen molar-refractivity contribution >= 4 is 32.4 Å². The van der Waals surface area contributed by atoms with Crippen LogP contribution in [0.3, 0.4) is 0 Å². The first-order valence-corrected chi connectivity index (χ1v) is 9.27. The van der Waals surface area contributed by atoms with Crippen LogP contribution in [-0.4, -0.2) is 68.2 Å². The summed E-state index contributed by atoms with van der Waals surface area (Å²) in [6.45, 7) is 0.0192. The van der Waals surface area contributed by atoms with Crippen LogP contribution < -0.4 is 10.3 Å². The van der Waals surface area contributed by atoms with Gasteiger partial charge in [0.1, 0.15) is 6.04 Å². The molecular formula is C8H14N4O8S2. The van der Waals surface area contributed by atoms with Crippen molar-refractivity contribution in [2.24, 2.45) is 0 Å². The molecule has 2 bridgehead atoms. The average Bonchev–Trinajstić information content (AvgIpc) is 2.59. The van der Waals surface area contributed by atoms with Gasteiger partial charge < -0.3 is 4.90 Å². The van der Waals surface area contributed by atoms with E-state index in [0.29, 0.717) is 5.06 Å². The molecule has 2 saturated heterocycles.